The summed E-state index contributed by atoms with van der Waals surface area (Å²) < 4.78 is 0. The maximum absolute atomic E-state index is 3.68. The van der Waals surface area contributed by atoms with Gasteiger partial charge in [0, 0.05) is 0 Å². The summed E-state index contributed by atoms with van der Waals surface area (Å²) in [4.78, 5) is 0. The van der Waals surface area contributed by atoms with E-state index in [9.17, 15) is 0 Å². The highest BCUT2D eigenvalue weighted by Gasteiger charge is 1.96. The van der Waals surface area contributed by atoms with E-state index in [4.69, 9.17) is 0 Å². The summed E-state index contributed by atoms with van der Waals surface area (Å²) in [6.45, 7) is 5.80. The molecule has 0 nitrogen and oxygen atoms in total. The summed E-state index contributed by atoms with van der Waals surface area (Å²) in [5.74, 6) is 0. The Labute approximate surface area is 90.6 Å². The van der Waals surface area contributed by atoms with Crippen LogP contribution in [0.1, 0.15) is 11.1 Å². The zero-order valence-corrected chi connectivity index (χ0v) is 8.90. The number of hydrogen-bond donors (Lipinski definition) is 0. The molecule has 0 aliphatic carbocycles. The number of hydrogen-bond acceptors (Lipinski definition) is 0. The number of fused-ring (bicyclic) bond motifs is 1. The lowest BCUT2D eigenvalue weighted by atomic mass is 10.0. The molecule has 2 rings (SSSR count). The van der Waals surface area contributed by atoms with Gasteiger partial charge in [-0.15, -0.1) is 0 Å². The lowest BCUT2D eigenvalue weighted by Gasteiger charge is -2.02. The molecule has 15 heavy (non-hydrogen) atoms. The van der Waals surface area contributed by atoms with Gasteiger partial charge in [0.15, 0.2) is 0 Å². The van der Waals surface area contributed by atoms with E-state index in [0.717, 1.165) is 0 Å². The fourth-order valence-corrected chi connectivity index (χ4v) is 1.75. The molecular weight excluding hydrogens is 180 g/mol. The summed E-state index contributed by atoms with van der Waals surface area (Å²) in [5.41, 5.74) is 2.54. The molecule has 0 spiro atoms. The Bertz CT molecular complexity index is 519. The van der Waals surface area contributed by atoms with Gasteiger partial charge >= 0.3 is 0 Å². The molecule has 0 unspecified atom stereocenters. The van der Waals surface area contributed by atoms with Crippen LogP contribution in [0.25, 0.3) is 16.8 Å². The van der Waals surface area contributed by atoms with Gasteiger partial charge < -0.3 is 0 Å². The van der Waals surface area contributed by atoms with Crippen molar-refractivity contribution >= 4 is 16.8 Å². The van der Waals surface area contributed by atoms with Crippen LogP contribution in [0.15, 0.2) is 55.1 Å². The van der Waals surface area contributed by atoms with Gasteiger partial charge in [-0.05, 0) is 23.3 Å². The van der Waals surface area contributed by atoms with Crippen LogP contribution in [0.4, 0.5) is 0 Å². The second-order valence-corrected chi connectivity index (χ2v) is 3.67. The zero-order chi connectivity index (χ0) is 10.7. The van der Waals surface area contributed by atoms with Gasteiger partial charge in [-0.25, -0.2) is 0 Å². The third-order valence-electron chi connectivity index (χ3n) is 2.48. The van der Waals surface area contributed by atoms with Gasteiger partial charge in [0.25, 0.3) is 0 Å². The van der Waals surface area contributed by atoms with E-state index in [1.54, 1.807) is 6.08 Å². The fraction of sp³-hybridized carbons (Fsp3) is 0.0667. The highest BCUT2D eigenvalue weighted by atomic mass is 14.0. The van der Waals surface area contributed by atoms with Crippen molar-refractivity contribution in [1.82, 2.24) is 0 Å². The molecule has 0 radical (unpaired) electrons. The third-order valence-corrected chi connectivity index (χ3v) is 2.48. The first-order chi connectivity index (χ1) is 7.31. The Kier molecular flexibility index (Phi) is 2.68. The van der Waals surface area contributed by atoms with Crippen molar-refractivity contribution in [2.75, 3.05) is 0 Å². The van der Waals surface area contributed by atoms with Crippen molar-refractivity contribution in [3.05, 3.63) is 66.3 Å². The van der Waals surface area contributed by atoms with E-state index in [1.807, 2.05) is 6.08 Å². The quantitative estimate of drug-likeness (QED) is 0.623. The van der Waals surface area contributed by atoms with Gasteiger partial charge in [-0.3, -0.25) is 0 Å². The van der Waals surface area contributed by atoms with Crippen molar-refractivity contribution < 1.29 is 0 Å². The van der Waals surface area contributed by atoms with Crippen LogP contribution in [0.2, 0.25) is 0 Å². The van der Waals surface area contributed by atoms with Gasteiger partial charge in [-0.2, -0.15) is 0 Å². The van der Waals surface area contributed by atoms with E-state index in [0.29, 0.717) is 0 Å². The average molecular weight is 194 g/mol. The summed E-state index contributed by atoms with van der Waals surface area (Å²) in [7, 11) is 0. The minimum absolute atomic E-state index is 1.24. The van der Waals surface area contributed by atoms with Crippen molar-refractivity contribution in [1.29, 1.82) is 0 Å². The minimum Gasteiger partial charge on any atom is -0.0991 e. The van der Waals surface area contributed by atoms with Gasteiger partial charge in [0.1, 0.15) is 0 Å². The van der Waals surface area contributed by atoms with Crippen molar-refractivity contribution in [2.45, 2.75) is 6.92 Å². The Morgan fingerprint density at radius 1 is 1.13 bits per heavy atom. The molecule has 0 heteroatoms. The molecule has 0 aliphatic rings. The van der Waals surface area contributed by atoms with Crippen LogP contribution in [0, 0.1) is 6.92 Å². The predicted molar refractivity (Wildman–Crippen MR) is 67.9 cm³/mol. The van der Waals surface area contributed by atoms with Crippen molar-refractivity contribution in [2.24, 2.45) is 0 Å². The number of rotatable bonds is 2. The largest absolute Gasteiger partial charge is 0.0991 e. The zero-order valence-electron chi connectivity index (χ0n) is 8.90. The number of benzene rings is 2. The molecule has 2 aromatic rings. The Morgan fingerprint density at radius 2 is 2.00 bits per heavy atom. The summed E-state index contributed by atoms with van der Waals surface area (Å²) >= 11 is 0. The molecular formula is C15H14. The first-order valence-electron chi connectivity index (χ1n) is 5.10. The van der Waals surface area contributed by atoms with E-state index in [1.165, 1.54) is 21.9 Å². The fourth-order valence-electron chi connectivity index (χ4n) is 1.75. The van der Waals surface area contributed by atoms with E-state index < -0.39 is 0 Å². The van der Waals surface area contributed by atoms with Crippen LogP contribution in [0.3, 0.4) is 0 Å². The molecule has 0 amide bonds. The highest BCUT2D eigenvalue weighted by molar-refractivity contribution is 5.91. The predicted octanol–water partition coefficient (Wildman–Crippen LogP) is 4.35. The minimum atomic E-state index is 1.24. The topological polar surface area (TPSA) is 0 Å². The molecule has 0 heterocycles. The van der Waals surface area contributed by atoms with Crippen molar-refractivity contribution in [3.63, 3.8) is 0 Å². The SMILES string of the molecule is C=C/C=C/c1cccc2cc(C)ccc12. The number of allylic oxidation sites excluding steroid dienone is 2. The van der Waals surface area contributed by atoms with Gasteiger partial charge in [0.05, 0.1) is 0 Å². The lowest BCUT2D eigenvalue weighted by molar-refractivity contribution is 1.50. The maximum atomic E-state index is 3.68. The second-order valence-electron chi connectivity index (χ2n) is 3.67. The highest BCUT2D eigenvalue weighted by Crippen LogP contribution is 2.21. The van der Waals surface area contributed by atoms with Crippen LogP contribution in [0.5, 0.6) is 0 Å². The molecule has 0 saturated heterocycles. The molecule has 0 saturated carbocycles. The van der Waals surface area contributed by atoms with Gasteiger partial charge in [-0.1, -0.05) is 66.8 Å². The third kappa shape index (κ3) is 1.99. The van der Waals surface area contributed by atoms with E-state index in [2.05, 4.69) is 56.0 Å². The second kappa shape index (κ2) is 4.14. The first-order valence-corrected chi connectivity index (χ1v) is 5.10. The molecule has 0 N–H and O–H groups in total. The molecule has 74 valence electrons. The monoisotopic (exact) mass is 194 g/mol. The standard InChI is InChI=1S/C15H14/c1-3-4-6-13-7-5-8-14-11-12(2)9-10-15(13)14/h3-11H,1H2,2H3/b6-4+. The molecule has 0 atom stereocenters. The Hall–Kier alpha value is -1.82. The Balaban J connectivity index is 2.65. The normalized spacial score (nSPS) is 11.0. The number of aryl methyl sites for hydroxylation is 1. The average Bonchev–Trinajstić information content (AvgIpc) is 2.25. The van der Waals surface area contributed by atoms with E-state index >= 15 is 0 Å². The molecule has 0 aromatic heterocycles. The maximum Gasteiger partial charge on any atom is -0.0111 e. The molecule has 0 bridgehead atoms. The van der Waals surface area contributed by atoms with Crippen LogP contribution >= 0.6 is 0 Å². The van der Waals surface area contributed by atoms with E-state index in [-0.39, 0.29) is 0 Å². The van der Waals surface area contributed by atoms with Crippen molar-refractivity contribution in [3.8, 4) is 0 Å². The van der Waals surface area contributed by atoms with Crippen LogP contribution < -0.4 is 0 Å². The molecule has 0 aliphatic heterocycles. The first kappa shape index (κ1) is 9.72. The Morgan fingerprint density at radius 3 is 2.80 bits per heavy atom. The smallest absolute Gasteiger partial charge is 0.0111 e. The lowest BCUT2D eigenvalue weighted by Crippen LogP contribution is -1.79. The molecule has 0 fully saturated rings. The summed E-state index contributed by atoms with van der Waals surface area (Å²) in [6.07, 6.45) is 5.85. The van der Waals surface area contributed by atoms with Gasteiger partial charge in [0.2, 0.25) is 0 Å². The van der Waals surface area contributed by atoms with Crippen LogP contribution in [-0.2, 0) is 0 Å². The van der Waals surface area contributed by atoms with Crippen LogP contribution in [-0.4, -0.2) is 0 Å². The summed E-state index contributed by atoms with van der Waals surface area (Å²) in [5, 5.41) is 2.59. The molecule has 2 aromatic carbocycles. The summed E-state index contributed by atoms with van der Waals surface area (Å²) in [6, 6.07) is 12.9.